The predicted molar refractivity (Wildman–Crippen MR) is 54.9 cm³/mol. The van der Waals surface area contributed by atoms with Crippen molar-refractivity contribution in [3.63, 3.8) is 0 Å². The molecular formula is C12H16O2. The minimum Gasteiger partial charge on any atom is -0.388 e. The average molecular weight is 192 g/mol. The summed E-state index contributed by atoms with van der Waals surface area (Å²) in [5.74, 6) is 0.270. The zero-order chi connectivity index (χ0) is 9.80. The second-order valence-electron chi connectivity index (χ2n) is 3.83. The van der Waals surface area contributed by atoms with Crippen LogP contribution in [0.1, 0.15) is 24.5 Å². The van der Waals surface area contributed by atoms with E-state index in [1.807, 2.05) is 30.3 Å². The summed E-state index contributed by atoms with van der Waals surface area (Å²) in [6.07, 6.45) is 1.77. The van der Waals surface area contributed by atoms with Gasteiger partial charge in [-0.05, 0) is 18.4 Å². The summed E-state index contributed by atoms with van der Waals surface area (Å²) < 4.78 is 5.36. The Bertz CT molecular complexity index is 265. The molecule has 1 aromatic rings. The zero-order valence-electron chi connectivity index (χ0n) is 8.23. The first kappa shape index (κ1) is 9.69. The molecule has 76 valence electrons. The lowest BCUT2D eigenvalue weighted by Gasteiger charge is -2.26. The summed E-state index contributed by atoms with van der Waals surface area (Å²) in [7, 11) is 0. The molecule has 1 aromatic carbocycles. The van der Waals surface area contributed by atoms with Crippen molar-refractivity contribution in [1.29, 1.82) is 0 Å². The molecule has 0 aromatic heterocycles. The van der Waals surface area contributed by atoms with Crippen LogP contribution in [0.5, 0.6) is 0 Å². The maximum Gasteiger partial charge on any atom is 0.0840 e. The van der Waals surface area contributed by atoms with Crippen molar-refractivity contribution in [3.8, 4) is 0 Å². The smallest absolute Gasteiger partial charge is 0.0840 e. The van der Waals surface area contributed by atoms with Crippen molar-refractivity contribution >= 4 is 0 Å². The molecule has 2 rings (SSSR count). The van der Waals surface area contributed by atoms with Crippen LogP contribution in [0.2, 0.25) is 0 Å². The minimum absolute atomic E-state index is 0.270. The Morgan fingerprint density at radius 2 is 2.07 bits per heavy atom. The van der Waals surface area contributed by atoms with Gasteiger partial charge in [-0.15, -0.1) is 0 Å². The molecule has 0 amide bonds. The van der Waals surface area contributed by atoms with E-state index in [-0.39, 0.29) is 12.0 Å². The van der Waals surface area contributed by atoms with Gasteiger partial charge < -0.3 is 9.84 Å². The molecule has 2 nitrogen and oxygen atoms in total. The largest absolute Gasteiger partial charge is 0.388 e. The Morgan fingerprint density at radius 1 is 1.29 bits per heavy atom. The fourth-order valence-electron chi connectivity index (χ4n) is 1.94. The molecule has 0 radical (unpaired) electrons. The number of hydrogen-bond donors (Lipinski definition) is 1. The standard InChI is InChI=1S/C12H16O2/c13-12(10-5-2-1-3-6-10)11-7-4-8-14-9-11/h1-3,5-6,11-13H,4,7-9H2. The second-order valence-corrected chi connectivity index (χ2v) is 3.83. The molecule has 1 fully saturated rings. The lowest BCUT2D eigenvalue weighted by molar-refractivity contribution is -0.00996. The molecule has 1 N–H and O–H groups in total. The highest BCUT2D eigenvalue weighted by molar-refractivity contribution is 5.18. The van der Waals surface area contributed by atoms with Crippen LogP contribution in [0.25, 0.3) is 0 Å². The SMILES string of the molecule is OC(c1ccccc1)C1CCCOC1. The third kappa shape index (κ3) is 2.14. The van der Waals surface area contributed by atoms with E-state index in [9.17, 15) is 5.11 Å². The maximum absolute atomic E-state index is 10.1. The third-order valence-electron chi connectivity index (χ3n) is 2.78. The quantitative estimate of drug-likeness (QED) is 0.778. The summed E-state index contributed by atoms with van der Waals surface area (Å²) in [5.41, 5.74) is 1.00. The van der Waals surface area contributed by atoms with Crippen molar-refractivity contribution in [2.75, 3.05) is 13.2 Å². The number of aliphatic hydroxyl groups is 1. The van der Waals surface area contributed by atoms with Gasteiger partial charge in [-0.2, -0.15) is 0 Å². The number of rotatable bonds is 2. The highest BCUT2D eigenvalue weighted by atomic mass is 16.5. The van der Waals surface area contributed by atoms with Crippen LogP contribution in [0.15, 0.2) is 30.3 Å². The van der Waals surface area contributed by atoms with Crippen LogP contribution in [0, 0.1) is 5.92 Å². The lowest BCUT2D eigenvalue weighted by atomic mass is 9.91. The monoisotopic (exact) mass is 192 g/mol. The molecule has 0 spiro atoms. The molecule has 2 unspecified atom stereocenters. The van der Waals surface area contributed by atoms with Gasteiger partial charge in [-0.25, -0.2) is 0 Å². The van der Waals surface area contributed by atoms with E-state index >= 15 is 0 Å². The fraction of sp³-hybridized carbons (Fsp3) is 0.500. The van der Waals surface area contributed by atoms with E-state index in [2.05, 4.69) is 0 Å². The van der Waals surface area contributed by atoms with Crippen LogP contribution < -0.4 is 0 Å². The summed E-state index contributed by atoms with van der Waals surface area (Å²) in [5, 5.41) is 10.1. The predicted octanol–water partition coefficient (Wildman–Crippen LogP) is 2.15. The van der Waals surface area contributed by atoms with E-state index in [1.54, 1.807) is 0 Å². The van der Waals surface area contributed by atoms with Crippen molar-refractivity contribution in [2.45, 2.75) is 18.9 Å². The highest BCUT2D eigenvalue weighted by Crippen LogP contribution is 2.28. The summed E-state index contributed by atoms with van der Waals surface area (Å²) in [6.45, 7) is 1.54. The zero-order valence-corrected chi connectivity index (χ0v) is 8.23. The van der Waals surface area contributed by atoms with Gasteiger partial charge >= 0.3 is 0 Å². The molecule has 0 aliphatic carbocycles. The number of aliphatic hydroxyl groups excluding tert-OH is 1. The van der Waals surface area contributed by atoms with Gasteiger partial charge in [0.25, 0.3) is 0 Å². The molecule has 14 heavy (non-hydrogen) atoms. The highest BCUT2D eigenvalue weighted by Gasteiger charge is 2.23. The fourth-order valence-corrected chi connectivity index (χ4v) is 1.94. The molecule has 1 heterocycles. The van der Waals surface area contributed by atoms with E-state index in [1.165, 1.54) is 0 Å². The maximum atomic E-state index is 10.1. The average Bonchev–Trinajstić information content (AvgIpc) is 2.30. The molecule has 2 heteroatoms. The van der Waals surface area contributed by atoms with Gasteiger partial charge in [0.1, 0.15) is 0 Å². The second kappa shape index (κ2) is 4.58. The Balaban J connectivity index is 2.03. The van der Waals surface area contributed by atoms with Crippen LogP contribution >= 0.6 is 0 Å². The van der Waals surface area contributed by atoms with Gasteiger partial charge in [0.05, 0.1) is 12.7 Å². The molecular weight excluding hydrogens is 176 g/mol. The molecule has 1 aliphatic rings. The Kier molecular flexibility index (Phi) is 3.17. The minimum atomic E-state index is -0.364. The lowest BCUT2D eigenvalue weighted by Crippen LogP contribution is -2.23. The normalized spacial score (nSPS) is 24.5. The van der Waals surface area contributed by atoms with Crippen LogP contribution in [0.3, 0.4) is 0 Å². The van der Waals surface area contributed by atoms with E-state index in [0.29, 0.717) is 6.61 Å². The Hall–Kier alpha value is -0.860. The van der Waals surface area contributed by atoms with Gasteiger partial charge in [0, 0.05) is 12.5 Å². The van der Waals surface area contributed by atoms with Crippen LogP contribution in [-0.4, -0.2) is 18.3 Å². The summed E-state index contributed by atoms with van der Waals surface area (Å²) >= 11 is 0. The topological polar surface area (TPSA) is 29.5 Å². The van der Waals surface area contributed by atoms with Crippen molar-refractivity contribution < 1.29 is 9.84 Å². The first-order valence-electron chi connectivity index (χ1n) is 5.18. The molecule has 1 saturated heterocycles. The molecule has 0 saturated carbocycles. The van der Waals surface area contributed by atoms with Gasteiger partial charge in [0.2, 0.25) is 0 Å². The number of hydrogen-bond acceptors (Lipinski definition) is 2. The number of ether oxygens (including phenoxy) is 1. The van der Waals surface area contributed by atoms with E-state index in [4.69, 9.17) is 4.74 Å². The van der Waals surface area contributed by atoms with E-state index < -0.39 is 0 Å². The van der Waals surface area contributed by atoms with Gasteiger partial charge in [-0.3, -0.25) is 0 Å². The molecule has 2 atom stereocenters. The van der Waals surface area contributed by atoms with Crippen molar-refractivity contribution in [1.82, 2.24) is 0 Å². The molecule has 0 bridgehead atoms. The first-order valence-corrected chi connectivity index (χ1v) is 5.18. The Labute approximate surface area is 84.5 Å². The van der Waals surface area contributed by atoms with Gasteiger partial charge in [0.15, 0.2) is 0 Å². The summed E-state index contributed by atoms with van der Waals surface area (Å²) in [6, 6.07) is 9.83. The van der Waals surface area contributed by atoms with Crippen molar-refractivity contribution in [2.24, 2.45) is 5.92 Å². The van der Waals surface area contributed by atoms with Crippen LogP contribution in [0.4, 0.5) is 0 Å². The van der Waals surface area contributed by atoms with E-state index in [0.717, 1.165) is 25.0 Å². The van der Waals surface area contributed by atoms with Crippen LogP contribution in [-0.2, 0) is 4.74 Å². The third-order valence-corrected chi connectivity index (χ3v) is 2.78. The first-order chi connectivity index (χ1) is 6.88. The Morgan fingerprint density at radius 3 is 2.71 bits per heavy atom. The molecule has 1 aliphatic heterocycles. The number of benzene rings is 1. The van der Waals surface area contributed by atoms with Crippen molar-refractivity contribution in [3.05, 3.63) is 35.9 Å². The van der Waals surface area contributed by atoms with Gasteiger partial charge in [-0.1, -0.05) is 30.3 Å². The summed E-state index contributed by atoms with van der Waals surface area (Å²) in [4.78, 5) is 0.